The number of carboxylic acids is 2. The molecule has 242 valence electrons. The first-order chi connectivity index (χ1) is 21.2. The van der Waals surface area contributed by atoms with E-state index in [1.54, 1.807) is 0 Å². The summed E-state index contributed by atoms with van der Waals surface area (Å²) in [7, 11) is 1.26. The van der Waals surface area contributed by atoms with E-state index in [0.29, 0.717) is 5.56 Å². The van der Waals surface area contributed by atoms with E-state index in [2.05, 4.69) is 0 Å². The van der Waals surface area contributed by atoms with Crippen molar-refractivity contribution in [2.45, 2.75) is 46.2 Å². The van der Waals surface area contributed by atoms with Gasteiger partial charge in [-0.25, -0.2) is 8.78 Å². The lowest BCUT2D eigenvalue weighted by Gasteiger charge is -2.16. The zero-order chi connectivity index (χ0) is 33.2. The van der Waals surface area contributed by atoms with Gasteiger partial charge >= 0.3 is 11.9 Å². The van der Waals surface area contributed by atoms with Gasteiger partial charge in [-0.2, -0.15) is 0 Å². The largest absolute Gasteiger partial charge is 0.503 e. The predicted molar refractivity (Wildman–Crippen MR) is 158 cm³/mol. The molecule has 45 heavy (non-hydrogen) atoms. The maximum absolute atomic E-state index is 15.3. The molecule has 0 unspecified atom stereocenters. The smallest absolute Gasteiger partial charge is 0.306 e. The Bertz CT molecular complexity index is 1680. The van der Waals surface area contributed by atoms with E-state index < -0.39 is 58.6 Å². The molecule has 1 aliphatic heterocycles. The highest BCUT2D eigenvalue weighted by molar-refractivity contribution is 7.21. The van der Waals surface area contributed by atoms with Gasteiger partial charge in [-0.15, -0.1) is 11.3 Å². The monoisotopic (exact) mass is 669 g/mol. The van der Waals surface area contributed by atoms with Crippen LogP contribution < -0.4 is 14.2 Å². The number of fused-ring (bicyclic) bond motifs is 2. The van der Waals surface area contributed by atoms with Crippen molar-refractivity contribution in [3.8, 4) is 23.0 Å². The van der Waals surface area contributed by atoms with Crippen LogP contribution in [0.15, 0.2) is 12.1 Å². The van der Waals surface area contributed by atoms with Gasteiger partial charge in [-0.3, -0.25) is 19.2 Å². The van der Waals surface area contributed by atoms with Gasteiger partial charge in [0.2, 0.25) is 5.91 Å². The van der Waals surface area contributed by atoms with Crippen molar-refractivity contribution in [2.75, 3.05) is 20.3 Å². The minimum atomic E-state index is -1.14. The molecule has 0 fully saturated rings. The zero-order valence-corrected chi connectivity index (χ0v) is 26.0. The minimum absolute atomic E-state index is 0.0371. The van der Waals surface area contributed by atoms with Crippen molar-refractivity contribution in [3.63, 3.8) is 0 Å². The molecule has 0 spiro atoms. The SMILES string of the molecule is COc1c(OCCCOc2c(O)c(Cl)c3sc(C(=O)C[C@H](C)C(=O)O)cc3c2F)cc2c(c1F)CN(C(=O)C[C@H](C)C(=O)O)C2. The highest BCUT2D eigenvalue weighted by Gasteiger charge is 2.31. The first-order valence-electron chi connectivity index (χ1n) is 13.8. The number of phenols is 1. The molecule has 4 rings (SSSR count). The molecule has 1 amide bonds. The Balaban J connectivity index is 1.40. The number of ether oxygens (including phenoxy) is 3. The highest BCUT2D eigenvalue weighted by Crippen LogP contribution is 2.46. The number of halogens is 3. The number of methoxy groups -OCH3 is 1. The summed E-state index contributed by atoms with van der Waals surface area (Å²) >= 11 is 7.08. The van der Waals surface area contributed by atoms with E-state index in [-0.39, 0.29) is 82.6 Å². The molecule has 2 atom stereocenters. The Hall–Kier alpha value is -4.17. The highest BCUT2D eigenvalue weighted by atomic mass is 35.5. The molecule has 0 saturated carbocycles. The van der Waals surface area contributed by atoms with Crippen molar-refractivity contribution >= 4 is 56.7 Å². The van der Waals surface area contributed by atoms with Gasteiger partial charge < -0.3 is 34.4 Å². The quantitative estimate of drug-likeness (QED) is 0.145. The van der Waals surface area contributed by atoms with Crippen LogP contribution >= 0.6 is 22.9 Å². The molecule has 11 nitrogen and oxygen atoms in total. The number of carbonyl (C=O) groups is 4. The van der Waals surface area contributed by atoms with Gasteiger partial charge in [0, 0.05) is 43.3 Å². The van der Waals surface area contributed by atoms with Gasteiger partial charge in [-0.05, 0) is 17.7 Å². The summed E-state index contributed by atoms with van der Waals surface area (Å²) in [6, 6.07) is 2.78. The maximum Gasteiger partial charge on any atom is 0.306 e. The summed E-state index contributed by atoms with van der Waals surface area (Å²) in [4.78, 5) is 48.7. The molecule has 0 saturated heterocycles. The minimum Gasteiger partial charge on any atom is -0.503 e. The fourth-order valence-corrected chi connectivity index (χ4v) is 6.06. The van der Waals surface area contributed by atoms with Crippen LogP contribution in [0.2, 0.25) is 5.02 Å². The number of thiophene rings is 1. The summed E-state index contributed by atoms with van der Waals surface area (Å²) in [6.07, 6.45) is -0.371. The Morgan fingerprint density at radius 2 is 1.62 bits per heavy atom. The number of aromatic hydroxyl groups is 1. The molecule has 2 aromatic carbocycles. The first-order valence-corrected chi connectivity index (χ1v) is 15.0. The number of Topliss-reactive ketones (excluding diaryl/α,β-unsaturated/α-hetero) is 1. The third kappa shape index (κ3) is 7.06. The van der Waals surface area contributed by atoms with E-state index >= 15 is 8.78 Å². The number of ketones is 1. The summed E-state index contributed by atoms with van der Waals surface area (Å²) < 4.78 is 47.1. The van der Waals surface area contributed by atoms with Gasteiger partial charge in [0.05, 0.1) is 41.7 Å². The topological polar surface area (TPSA) is 160 Å². The molecule has 1 aromatic heterocycles. The van der Waals surface area contributed by atoms with Crippen LogP contribution in [-0.2, 0) is 27.5 Å². The number of hydrogen-bond donors (Lipinski definition) is 3. The lowest BCUT2D eigenvalue weighted by atomic mass is 10.0. The number of benzene rings is 2. The number of aliphatic carboxylic acids is 2. The second kappa shape index (κ2) is 13.9. The normalized spacial score (nSPS) is 13.8. The average Bonchev–Trinajstić information content (AvgIpc) is 3.63. The molecule has 0 bridgehead atoms. The molecule has 1 aliphatic rings. The maximum atomic E-state index is 15.3. The fourth-order valence-electron chi connectivity index (χ4n) is 4.71. The molecular weight excluding hydrogens is 640 g/mol. The lowest BCUT2D eigenvalue weighted by molar-refractivity contribution is -0.145. The van der Waals surface area contributed by atoms with Crippen LogP contribution in [0, 0.1) is 23.5 Å². The Morgan fingerprint density at radius 3 is 2.27 bits per heavy atom. The lowest BCUT2D eigenvalue weighted by Crippen LogP contribution is -2.28. The van der Waals surface area contributed by atoms with Crippen molar-refractivity contribution < 1.29 is 57.5 Å². The number of hydrogen-bond acceptors (Lipinski definition) is 9. The van der Waals surface area contributed by atoms with E-state index in [4.69, 9.17) is 36.0 Å². The zero-order valence-electron chi connectivity index (χ0n) is 24.4. The summed E-state index contributed by atoms with van der Waals surface area (Å²) in [5.74, 6) is -7.98. The van der Waals surface area contributed by atoms with Gasteiger partial charge in [0.25, 0.3) is 0 Å². The Kier molecular flexibility index (Phi) is 10.4. The van der Waals surface area contributed by atoms with E-state index in [0.717, 1.165) is 11.3 Å². The number of carbonyl (C=O) groups excluding carboxylic acids is 2. The van der Waals surface area contributed by atoms with Gasteiger partial charge in [-0.1, -0.05) is 25.4 Å². The van der Waals surface area contributed by atoms with E-state index in [9.17, 15) is 24.3 Å². The number of carboxylic acid groups (broad SMARTS) is 2. The van der Waals surface area contributed by atoms with Crippen LogP contribution in [-0.4, -0.2) is 64.2 Å². The Labute approximate surface area is 264 Å². The van der Waals surface area contributed by atoms with Crippen LogP contribution in [0.3, 0.4) is 0 Å². The van der Waals surface area contributed by atoms with Crippen LogP contribution in [0.1, 0.15) is 53.9 Å². The molecule has 0 radical (unpaired) electrons. The third-order valence-electron chi connectivity index (χ3n) is 7.32. The summed E-state index contributed by atoms with van der Waals surface area (Å²) in [5.41, 5.74) is 0.726. The van der Waals surface area contributed by atoms with Gasteiger partial charge in [0.15, 0.2) is 40.4 Å². The molecular formula is C30H30ClF2NO10S. The van der Waals surface area contributed by atoms with Crippen LogP contribution in [0.25, 0.3) is 10.1 Å². The van der Waals surface area contributed by atoms with Crippen molar-refractivity contribution in [2.24, 2.45) is 11.8 Å². The third-order valence-corrected chi connectivity index (χ3v) is 8.99. The first kappa shape index (κ1) is 33.7. The number of rotatable bonds is 14. The van der Waals surface area contributed by atoms with Crippen LogP contribution in [0.5, 0.6) is 23.0 Å². The number of phenolic OH excluding ortho intramolecular Hbond substituents is 1. The summed E-state index contributed by atoms with van der Waals surface area (Å²) in [6.45, 7) is 2.63. The van der Waals surface area contributed by atoms with Crippen molar-refractivity contribution in [3.05, 3.63) is 44.8 Å². The fraction of sp³-hybridized carbons (Fsp3) is 0.400. The van der Waals surface area contributed by atoms with Gasteiger partial charge in [0.1, 0.15) is 5.02 Å². The molecule has 3 N–H and O–H groups in total. The molecule has 0 aliphatic carbocycles. The second-order valence-corrected chi connectivity index (χ2v) is 12.1. The molecule has 2 heterocycles. The second-order valence-electron chi connectivity index (χ2n) is 10.6. The van der Waals surface area contributed by atoms with Crippen molar-refractivity contribution in [1.82, 2.24) is 4.90 Å². The van der Waals surface area contributed by atoms with E-state index in [1.807, 2.05) is 0 Å². The molecule has 15 heteroatoms. The number of nitrogens with zero attached hydrogens (tertiary/aromatic N) is 1. The van der Waals surface area contributed by atoms with Crippen molar-refractivity contribution in [1.29, 1.82) is 0 Å². The predicted octanol–water partition coefficient (Wildman–Crippen LogP) is 5.64. The van der Waals surface area contributed by atoms with E-state index in [1.165, 1.54) is 38.0 Å². The van der Waals surface area contributed by atoms with Crippen LogP contribution in [0.4, 0.5) is 8.78 Å². The number of amides is 1. The average molecular weight is 670 g/mol. The molecule has 3 aromatic rings. The Morgan fingerprint density at radius 1 is 0.978 bits per heavy atom. The summed E-state index contributed by atoms with van der Waals surface area (Å²) in [5, 5.41) is 28.4. The standard InChI is InChI=1S/C30H30ClF2NO10S/c1-13(29(38)39)7-18(35)20-10-16-23(32)27(25(37)22(31)28(16)45-20)44-6-4-5-43-19-9-15-11-34(21(36)8-14(2)30(40)41)12-17(15)24(33)26(19)42-3/h9-10,13-14,37H,4-8,11-12H2,1-3H3,(H,38,39)(H,40,41)/t13-,14-/m0/s1.